The molecule has 2 aliphatic rings. The summed E-state index contributed by atoms with van der Waals surface area (Å²) < 4.78 is 26.3. The third-order valence-corrected chi connectivity index (χ3v) is 7.91. The van der Waals surface area contributed by atoms with Gasteiger partial charge in [-0.1, -0.05) is 80.6 Å². The Morgan fingerprint density at radius 1 is 1.00 bits per heavy atom. The summed E-state index contributed by atoms with van der Waals surface area (Å²) in [6.45, 7) is 0. The molecular weight excluding hydrogens is 436 g/mol. The van der Waals surface area contributed by atoms with Crippen LogP contribution >= 0.6 is 0 Å². The molecule has 0 spiro atoms. The molecule has 6 nitrogen and oxygen atoms in total. The Balaban J connectivity index is 1.63. The second-order valence-corrected chi connectivity index (χ2v) is 11.1. The van der Waals surface area contributed by atoms with Gasteiger partial charge in [0.15, 0.2) is 0 Å². The molecule has 7 heteroatoms. The van der Waals surface area contributed by atoms with Crippen LogP contribution in [0.15, 0.2) is 54.6 Å². The van der Waals surface area contributed by atoms with Gasteiger partial charge in [-0.25, -0.2) is 12.7 Å². The summed E-state index contributed by atoms with van der Waals surface area (Å²) >= 11 is 0. The van der Waals surface area contributed by atoms with Crippen LogP contribution in [0.25, 0.3) is 0 Å². The third kappa shape index (κ3) is 5.46. The minimum atomic E-state index is -3.88. The molecule has 0 bridgehead atoms. The van der Waals surface area contributed by atoms with Gasteiger partial charge < -0.3 is 5.32 Å². The highest BCUT2D eigenvalue weighted by molar-refractivity contribution is 7.92. The van der Waals surface area contributed by atoms with Crippen molar-refractivity contribution in [3.05, 3.63) is 65.7 Å². The molecule has 1 N–H and O–H groups in total. The number of hydrogen-bond donors (Lipinski definition) is 1. The van der Waals surface area contributed by atoms with Crippen LogP contribution < -0.4 is 9.62 Å². The summed E-state index contributed by atoms with van der Waals surface area (Å²) in [5.74, 6) is -0.454. The van der Waals surface area contributed by atoms with Gasteiger partial charge in [0.2, 0.25) is 15.9 Å². The summed E-state index contributed by atoms with van der Waals surface area (Å²) in [4.78, 5) is 26.4. The molecule has 176 valence electrons. The number of rotatable bonds is 6. The summed E-state index contributed by atoms with van der Waals surface area (Å²) in [6.07, 6.45) is 8.52. The van der Waals surface area contributed by atoms with Crippen molar-refractivity contribution in [1.82, 2.24) is 5.32 Å². The number of nitrogens with zero attached hydrogens (tertiary/aromatic N) is 1. The first-order valence-electron chi connectivity index (χ1n) is 11.8. The molecule has 2 atom stereocenters. The first-order valence-corrected chi connectivity index (χ1v) is 13.7. The zero-order valence-corrected chi connectivity index (χ0v) is 19.9. The van der Waals surface area contributed by atoms with E-state index in [0.29, 0.717) is 24.4 Å². The van der Waals surface area contributed by atoms with Crippen LogP contribution in [0.3, 0.4) is 0 Å². The van der Waals surface area contributed by atoms with Crippen LogP contribution in [0.4, 0.5) is 5.69 Å². The molecule has 1 aliphatic carbocycles. The highest BCUT2D eigenvalue weighted by atomic mass is 32.2. The minimum absolute atomic E-state index is 0.190. The summed E-state index contributed by atoms with van der Waals surface area (Å²) in [7, 11) is -3.88. The quantitative estimate of drug-likeness (QED) is 0.683. The van der Waals surface area contributed by atoms with Crippen LogP contribution in [0.2, 0.25) is 0 Å². The highest BCUT2D eigenvalue weighted by Crippen LogP contribution is 2.40. The predicted molar refractivity (Wildman–Crippen MR) is 129 cm³/mol. The number of carbonyl (C=O) groups is 2. The summed E-state index contributed by atoms with van der Waals surface area (Å²) in [5.41, 5.74) is 2.11. The third-order valence-electron chi connectivity index (χ3n) is 6.87. The maximum atomic E-state index is 13.5. The van der Waals surface area contributed by atoms with Gasteiger partial charge in [-0.3, -0.25) is 9.59 Å². The Labute approximate surface area is 196 Å². The lowest BCUT2D eigenvalue weighted by molar-refractivity contribution is -0.127. The fourth-order valence-corrected chi connectivity index (χ4v) is 6.21. The smallest absolute Gasteiger partial charge is 0.263 e. The van der Waals surface area contributed by atoms with E-state index in [1.807, 2.05) is 42.5 Å². The van der Waals surface area contributed by atoms with E-state index in [1.54, 1.807) is 12.1 Å². The zero-order chi connectivity index (χ0) is 23.4. The van der Waals surface area contributed by atoms with E-state index in [9.17, 15) is 18.0 Å². The normalized spacial score (nSPS) is 21.8. The van der Waals surface area contributed by atoms with Gasteiger partial charge in [0.25, 0.3) is 5.91 Å². The topological polar surface area (TPSA) is 83.6 Å². The van der Waals surface area contributed by atoms with E-state index in [1.165, 1.54) is 19.3 Å². The molecular formula is C26H32N2O4S. The molecule has 2 amide bonds. The minimum Gasteiger partial charge on any atom is -0.344 e. The number of anilines is 1. The van der Waals surface area contributed by atoms with Gasteiger partial charge in [-0.05, 0) is 36.0 Å². The van der Waals surface area contributed by atoms with Crippen molar-refractivity contribution in [3.63, 3.8) is 0 Å². The van der Waals surface area contributed by atoms with E-state index < -0.39 is 22.0 Å². The SMILES string of the molecule is CS(=O)(=O)N1C(=O)C(NC(=O)CCC2CCCCC2)CC(c2ccccc2)c2ccccc21. The molecule has 0 saturated heterocycles. The number of benzene rings is 2. The van der Waals surface area contributed by atoms with Crippen molar-refractivity contribution in [2.45, 2.75) is 63.3 Å². The maximum Gasteiger partial charge on any atom is 0.263 e. The molecule has 1 fully saturated rings. The largest absolute Gasteiger partial charge is 0.344 e. The number of fused-ring (bicyclic) bond motifs is 1. The fraction of sp³-hybridized carbons (Fsp3) is 0.462. The Bertz CT molecular complexity index is 1090. The average Bonchev–Trinajstić information content (AvgIpc) is 2.93. The number of sulfonamides is 1. The Hall–Kier alpha value is -2.67. The molecule has 1 heterocycles. The second kappa shape index (κ2) is 10.1. The van der Waals surface area contributed by atoms with Gasteiger partial charge >= 0.3 is 0 Å². The van der Waals surface area contributed by atoms with Crippen molar-refractivity contribution in [2.75, 3.05) is 10.6 Å². The van der Waals surface area contributed by atoms with Crippen LogP contribution in [-0.2, 0) is 19.6 Å². The van der Waals surface area contributed by atoms with Gasteiger partial charge in [-0.2, -0.15) is 0 Å². The number of nitrogens with one attached hydrogen (secondary N) is 1. The average molecular weight is 469 g/mol. The number of amides is 2. The molecule has 2 unspecified atom stereocenters. The molecule has 1 saturated carbocycles. The molecule has 33 heavy (non-hydrogen) atoms. The standard InChI is InChI=1S/C26H32N2O4S/c1-33(31,32)28-24-15-9-8-14-21(24)22(20-12-6-3-7-13-20)18-23(26(28)30)27-25(29)17-16-19-10-4-2-5-11-19/h3,6-9,12-15,19,22-23H,2,4-5,10-11,16-18H2,1H3,(H,27,29). The van der Waals surface area contributed by atoms with Crippen LogP contribution in [0, 0.1) is 5.92 Å². The zero-order valence-electron chi connectivity index (χ0n) is 19.1. The Morgan fingerprint density at radius 3 is 2.36 bits per heavy atom. The molecule has 4 rings (SSSR count). The van der Waals surface area contributed by atoms with Crippen molar-refractivity contribution >= 4 is 27.5 Å². The maximum absolute atomic E-state index is 13.5. The van der Waals surface area contributed by atoms with E-state index in [4.69, 9.17) is 0 Å². The fourth-order valence-electron chi connectivity index (χ4n) is 5.23. The molecule has 1 aliphatic heterocycles. The number of hydrogen-bond acceptors (Lipinski definition) is 4. The van der Waals surface area contributed by atoms with E-state index in [0.717, 1.165) is 41.0 Å². The lowest BCUT2D eigenvalue weighted by Crippen LogP contribution is -2.50. The van der Waals surface area contributed by atoms with E-state index in [-0.39, 0.29) is 11.8 Å². The van der Waals surface area contributed by atoms with Crippen molar-refractivity contribution in [3.8, 4) is 0 Å². The lowest BCUT2D eigenvalue weighted by Gasteiger charge is -2.25. The van der Waals surface area contributed by atoms with Gasteiger partial charge in [0, 0.05) is 12.3 Å². The van der Waals surface area contributed by atoms with Crippen molar-refractivity contribution in [2.24, 2.45) is 5.92 Å². The number of carbonyl (C=O) groups excluding carboxylic acids is 2. The molecule has 2 aromatic rings. The first kappa shape index (κ1) is 23.5. The summed E-state index contributed by atoms with van der Waals surface area (Å²) in [5, 5.41) is 2.89. The molecule has 0 aromatic heterocycles. The molecule has 2 aromatic carbocycles. The van der Waals surface area contributed by atoms with Gasteiger partial charge in [0.1, 0.15) is 6.04 Å². The van der Waals surface area contributed by atoms with Crippen molar-refractivity contribution < 1.29 is 18.0 Å². The Morgan fingerprint density at radius 2 is 1.67 bits per heavy atom. The predicted octanol–water partition coefficient (Wildman–Crippen LogP) is 4.36. The first-order chi connectivity index (χ1) is 15.8. The van der Waals surface area contributed by atoms with E-state index >= 15 is 0 Å². The van der Waals surface area contributed by atoms with Crippen molar-refractivity contribution in [1.29, 1.82) is 0 Å². The van der Waals surface area contributed by atoms with Crippen LogP contribution in [0.5, 0.6) is 0 Å². The lowest BCUT2D eigenvalue weighted by atomic mass is 9.85. The van der Waals surface area contributed by atoms with E-state index in [2.05, 4.69) is 5.32 Å². The van der Waals surface area contributed by atoms with Crippen LogP contribution in [0.1, 0.15) is 68.4 Å². The number of para-hydroxylation sites is 1. The Kier molecular flexibility index (Phi) is 7.17. The monoisotopic (exact) mass is 468 g/mol. The van der Waals surface area contributed by atoms with Crippen LogP contribution in [-0.4, -0.2) is 32.5 Å². The summed E-state index contributed by atoms with van der Waals surface area (Å²) in [6, 6.07) is 15.9. The molecule has 0 radical (unpaired) electrons. The second-order valence-electron chi connectivity index (χ2n) is 9.29. The highest BCUT2D eigenvalue weighted by Gasteiger charge is 2.40. The van der Waals surface area contributed by atoms with Gasteiger partial charge in [0.05, 0.1) is 11.9 Å². The van der Waals surface area contributed by atoms with Gasteiger partial charge in [-0.15, -0.1) is 0 Å².